The number of hydrogen-bond donors (Lipinski definition) is 1. The minimum absolute atomic E-state index is 0.144. The fraction of sp³-hybridized carbons (Fsp3) is 0.250. The average Bonchev–Trinajstić information content (AvgIpc) is 3.33. The van der Waals surface area contributed by atoms with Crippen molar-refractivity contribution in [2.75, 3.05) is 19.9 Å². The van der Waals surface area contributed by atoms with E-state index < -0.39 is 5.97 Å². The lowest BCUT2D eigenvalue weighted by molar-refractivity contribution is -0.136. The first-order valence-electron chi connectivity index (χ1n) is 10.3. The van der Waals surface area contributed by atoms with Gasteiger partial charge in [0.25, 0.3) is 5.91 Å². The Hall–Kier alpha value is -3.74. The van der Waals surface area contributed by atoms with E-state index >= 15 is 0 Å². The van der Waals surface area contributed by atoms with Crippen molar-refractivity contribution in [1.82, 2.24) is 9.88 Å². The van der Waals surface area contributed by atoms with Gasteiger partial charge >= 0.3 is 5.97 Å². The Morgan fingerprint density at radius 2 is 2.00 bits per heavy atom. The van der Waals surface area contributed by atoms with Crippen LogP contribution in [-0.2, 0) is 16.0 Å². The van der Waals surface area contributed by atoms with Gasteiger partial charge in [0.1, 0.15) is 0 Å². The fourth-order valence-electron chi connectivity index (χ4n) is 4.15. The number of para-hydroxylation sites is 1. The number of benzene rings is 2. The fourth-order valence-corrected chi connectivity index (χ4v) is 4.15. The van der Waals surface area contributed by atoms with Crippen LogP contribution in [0.2, 0.25) is 0 Å². The second-order valence-electron chi connectivity index (χ2n) is 7.56. The molecule has 0 spiro atoms. The number of fused-ring (bicyclic) bond motifs is 4. The number of hydrogen-bond acceptors (Lipinski definition) is 5. The summed E-state index contributed by atoms with van der Waals surface area (Å²) in [6.07, 6.45) is 2.20. The van der Waals surface area contributed by atoms with Crippen LogP contribution in [0.5, 0.6) is 11.5 Å². The number of carbonyl (C=O) groups is 2. The van der Waals surface area contributed by atoms with Crippen molar-refractivity contribution in [1.29, 1.82) is 0 Å². The molecule has 2 aliphatic heterocycles. The van der Waals surface area contributed by atoms with E-state index in [2.05, 4.69) is 4.98 Å². The van der Waals surface area contributed by atoms with E-state index in [1.165, 1.54) is 0 Å². The number of aromatic amines is 1. The number of rotatable bonds is 3. The molecule has 0 saturated heterocycles. The van der Waals surface area contributed by atoms with Gasteiger partial charge in [-0.3, -0.25) is 4.79 Å². The summed E-state index contributed by atoms with van der Waals surface area (Å²) in [5.74, 6) is 0.484. The molecule has 1 N–H and O–H groups in total. The van der Waals surface area contributed by atoms with Gasteiger partial charge in [0.05, 0.1) is 17.9 Å². The molecule has 1 amide bonds. The van der Waals surface area contributed by atoms with Gasteiger partial charge in [0.2, 0.25) is 6.79 Å². The number of aryl methyl sites for hydroxylation is 1. The van der Waals surface area contributed by atoms with Crippen LogP contribution in [0.4, 0.5) is 0 Å². The summed E-state index contributed by atoms with van der Waals surface area (Å²) in [5.41, 5.74) is 4.64. The van der Waals surface area contributed by atoms with Gasteiger partial charge in [-0.15, -0.1) is 0 Å². The van der Waals surface area contributed by atoms with E-state index in [0.717, 1.165) is 22.0 Å². The Morgan fingerprint density at radius 3 is 2.84 bits per heavy atom. The zero-order valence-electron chi connectivity index (χ0n) is 17.4. The van der Waals surface area contributed by atoms with Gasteiger partial charge in [-0.05, 0) is 49.6 Å². The predicted molar refractivity (Wildman–Crippen MR) is 115 cm³/mol. The van der Waals surface area contributed by atoms with Crippen molar-refractivity contribution in [3.05, 3.63) is 65.0 Å². The van der Waals surface area contributed by atoms with E-state index in [0.29, 0.717) is 41.3 Å². The Morgan fingerprint density at radius 1 is 1.16 bits per heavy atom. The van der Waals surface area contributed by atoms with Crippen molar-refractivity contribution in [2.45, 2.75) is 20.3 Å². The van der Waals surface area contributed by atoms with E-state index in [4.69, 9.17) is 14.2 Å². The normalized spacial score (nSPS) is 14.8. The van der Waals surface area contributed by atoms with Crippen LogP contribution in [-0.4, -0.2) is 41.7 Å². The highest BCUT2D eigenvalue weighted by atomic mass is 16.7. The van der Waals surface area contributed by atoms with E-state index in [-0.39, 0.29) is 19.3 Å². The molecule has 158 valence electrons. The van der Waals surface area contributed by atoms with Crippen LogP contribution in [0, 0.1) is 6.92 Å². The van der Waals surface area contributed by atoms with Gasteiger partial charge < -0.3 is 24.1 Å². The maximum atomic E-state index is 13.3. The minimum Gasteiger partial charge on any atom is -0.462 e. The number of ether oxygens (including phenoxy) is 3. The summed E-state index contributed by atoms with van der Waals surface area (Å²) in [4.78, 5) is 31.1. The van der Waals surface area contributed by atoms with Crippen LogP contribution in [0.25, 0.3) is 16.5 Å². The quantitative estimate of drug-likeness (QED) is 0.655. The number of amides is 1. The maximum Gasteiger partial charge on any atom is 0.341 e. The monoisotopic (exact) mass is 418 g/mol. The van der Waals surface area contributed by atoms with Crippen LogP contribution in [0.3, 0.4) is 0 Å². The molecule has 0 aliphatic carbocycles. The number of carbonyl (C=O) groups excluding carboxylic acids is 2. The molecular weight excluding hydrogens is 396 g/mol. The first kappa shape index (κ1) is 19.2. The molecule has 0 bridgehead atoms. The van der Waals surface area contributed by atoms with Crippen LogP contribution in [0.1, 0.15) is 34.1 Å². The van der Waals surface area contributed by atoms with Crippen molar-refractivity contribution >= 4 is 28.4 Å². The molecule has 0 saturated carbocycles. The third kappa shape index (κ3) is 3.22. The van der Waals surface area contributed by atoms with Gasteiger partial charge in [0, 0.05) is 29.2 Å². The highest BCUT2D eigenvalue weighted by Gasteiger charge is 2.28. The number of esters is 1. The SMILES string of the molecule is CCOC(=O)C1=CN(C(=O)c2ccc3c(c2)OCO3)CCc2c1[nH]c1c(C)cccc21. The Kier molecular flexibility index (Phi) is 4.66. The number of H-pyrrole nitrogens is 1. The second-order valence-corrected chi connectivity index (χ2v) is 7.56. The Bertz CT molecular complexity index is 1240. The maximum absolute atomic E-state index is 13.3. The lowest BCUT2D eigenvalue weighted by Crippen LogP contribution is -2.28. The van der Waals surface area contributed by atoms with Crippen LogP contribution in [0.15, 0.2) is 42.6 Å². The predicted octanol–water partition coefficient (Wildman–Crippen LogP) is 3.81. The number of aromatic nitrogens is 1. The molecule has 3 heterocycles. The second kappa shape index (κ2) is 7.50. The van der Waals surface area contributed by atoms with Crippen molar-refractivity contribution < 1.29 is 23.8 Å². The largest absolute Gasteiger partial charge is 0.462 e. The van der Waals surface area contributed by atoms with E-state index in [9.17, 15) is 9.59 Å². The van der Waals surface area contributed by atoms with Gasteiger partial charge in [-0.2, -0.15) is 0 Å². The summed E-state index contributed by atoms with van der Waals surface area (Å²) in [5, 5.41) is 1.06. The first-order chi connectivity index (χ1) is 15.1. The standard InChI is InChI=1S/C24H22N2O5/c1-3-29-24(28)18-12-26(23(27)15-7-8-19-20(11-15)31-13-30-19)10-9-17-16-6-4-5-14(2)21(16)25-22(17)18/h4-8,11-12,25H,3,9-10,13H2,1-2H3. The molecule has 7 heteroatoms. The van der Waals surface area contributed by atoms with Gasteiger partial charge in [-0.1, -0.05) is 18.2 Å². The molecule has 3 aromatic rings. The molecule has 2 aromatic carbocycles. The van der Waals surface area contributed by atoms with E-state index in [1.807, 2.05) is 25.1 Å². The topological polar surface area (TPSA) is 80.9 Å². The zero-order chi connectivity index (χ0) is 21.5. The molecule has 31 heavy (non-hydrogen) atoms. The zero-order valence-corrected chi connectivity index (χ0v) is 17.4. The number of nitrogens with zero attached hydrogens (tertiary/aromatic N) is 1. The van der Waals surface area contributed by atoms with E-state index in [1.54, 1.807) is 36.2 Å². The molecule has 0 unspecified atom stereocenters. The van der Waals surface area contributed by atoms with Crippen LogP contribution >= 0.6 is 0 Å². The Labute approximate surface area is 179 Å². The Balaban J connectivity index is 1.58. The summed E-state index contributed by atoms with van der Waals surface area (Å²) >= 11 is 0. The summed E-state index contributed by atoms with van der Waals surface area (Å²) in [6, 6.07) is 11.2. The summed E-state index contributed by atoms with van der Waals surface area (Å²) in [7, 11) is 0. The lowest BCUT2D eigenvalue weighted by Gasteiger charge is -2.18. The highest BCUT2D eigenvalue weighted by Crippen LogP contribution is 2.35. The highest BCUT2D eigenvalue weighted by molar-refractivity contribution is 6.18. The summed E-state index contributed by atoms with van der Waals surface area (Å²) in [6.45, 7) is 4.62. The molecule has 5 rings (SSSR count). The molecular formula is C24H22N2O5. The first-order valence-corrected chi connectivity index (χ1v) is 10.3. The molecule has 2 aliphatic rings. The van der Waals surface area contributed by atoms with Crippen molar-refractivity contribution in [2.24, 2.45) is 0 Å². The average molecular weight is 418 g/mol. The molecule has 0 fully saturated rings. The van der Waals surface area contributed by atoms with Gasteiger partial charge in [-0.25, -0.2) is 4.79 Å². The lowest BCUT2D eigenvalue weighted by atomic mass is 10.0. The van der Waals surface area contributed by atoms with Crippen molar-refractivity contribution in [3.8, 4) is 11.5 Å². The number of nitrogens with one attached hydrogen (secondary N) is 1. The molecule has 0 radical (unpaired) electrons. The summed E-state index contributed by atoms with van der Waals surface area (Å²) < 4.78 is 16.0. The minimum atomic E-state index is -0.460. The third-order valence-corrected chi connectivity index (χ3v) is 5.68. The smallest absolute Gasteiger partial charge is 0.341 e. The van der Waals surface area contributed by atoms with Gasteiger partial charge in [0.15, 0.2) is 11.5 Å². The van der Waals surface area contributed by atoms with Crippen molar-refractivity contribution in [3.63, 3.8) is 0 Å². The third-order valence-electron chi connectivity index (χ3n) is 5.68. The molecule has 0 atom stereocenters. The van der Waals surface area contributed by atoms with Crippen LogP contribution < -0.4 is 9.47 Å². The molecule has 1 aromatic heterocycles. The molecule has 7 nitrogen and oxygen atoms in total.